The maximum atomic E-state index is 5.38. The van der Waals surface area contributed by atoms with E-state index in [1.165, 1.54) is 5.56 Å². The van der Waals surface area contributed by atoms with Crippen molar-refractivity contribution in [2.24, 2.45) is 4.99 Å². The minimum Gasteiger partial charge on any atom is -0.493 e. The molecule has 0 aliphatic carbocycles. The molecule has 0 saturated heterocycles. The Kier molecular flexibility index (Phi) is 7.71. The highest BCUT2D eigenvalue weighted by molar-refractivity contribution is 5.79. The first-order valence-corrected chi connectivity index (χ1v) is 10.1. The third-order valence-electron chi connectivity index (χ3n) is 4.60. The van der Waals surface area contributed by atoms with Crippen LogP contribution in [0.25, 0.3) is 5.69 Å². The molecule has 2 N–H and O–H groups in total. The lowest BCUT2D eigenvalue weighted by Crippen LogP contribution is -2.38. The number of ether oxygens (including phenoxy) is 2. The molecule has 0 unspecified atom stereocenters. The summed E-state index contributed by atoms with van der Waals surface area (Å²) in [7, 11) is 3.29. The molecule has 0 amide bonds. The molecule has 30 heavy (non-hydrogen) atoms. The monoisotopic (exact) mass is 407 g/mol. The predicted octanol–water partition coefficient (Wildman–Crippen LogP) is 3.19. The van der Waals surface area contributed by atoms with Gasteiger partial charge in [0.1, 0.15) is 0 Å². The van der Waals surface area contributed by atoms with Crippen LogP contribution in [0.3, 0.4) is 0 Å². The molecule has 0 saturated carbocycles. The Bertz CT molecular complexity index is 954. The zero-order valence-electron chi connectivity index (χ0n) is 17.8. The smallest absolute Gasteiger partial charge is 0.191 e. The van der Waals surface area contributed by atoms with Crippen molar-refractivity contribution >= 4 is 5.96 Å². The number of hydrogen-bond acceptors (Lipinski definition) is 4. The van der Waals surface area contributed by atoms with Gasteiger partial charge in [-0.25, -0.2) is 9.67 Å². The fourth-order valence-corrected chi connectivity index (χ4v) is 3.09. The first-order chi connectivity index (χ1) is 14.7. The van der Waals surface area contributed by atoms with Gasteiger partial charge in [-0.1, -0.05) is 18.2 Å². The van der Waals surface area contributed by atoms with Crippen LogP contribution in [0.1, 0.15) is 18.1 Å². The van der Waals surface area contributed by atoms with Crippen molar-refractivity contribution in [2.45, 2.75) is 19.9 Å². The summed E-state index contributed by atoms with van der Waals surface area (Å²) in [4.78, 5) is 4.72. The van der Waals surface area contributed by atoms with Crippen LogP contribution in [0, 0.1) is 0 Å². The third kappa shape index (κ3) is 5.76. The number of aliphatic imine (C=N–C) groups is 1. The number of nitrogens with zero attached hydrogens (tertiary/aromatic N) is 3. The number of aromatic nitrogens is 2. The van der Waals surface area contributed by atoms with Gasteiger partial charge >= 0.3 is 0 Å². The first-order valence-electron chi connectivity index (χ1n) is 10.1. The van der Waals surface area contributed by atoms with Crippen molar-refractivity contribution in [3.05, 3.63) is 72.1 Å². The van der Waals surface area contributed by atoms with Crippen molar-refractivity contribution in [1.29, 1.82) is 0 Å². The summed E-state index contributed by atoms with van der Waals surface area (Å²) in [5, 5.41) is 11.0. The highest BCUT2D eigenvalue weighted by Gasteiger charge is 2.05. The number of hydrogen-bond donors (Lipinski definition) is 2. The second-order valence-corrected chi connectivity index (χ2v) is 6.68. The molecule has 0 aliphatic heterocycles. The SMILES string of the molecule is CCNC(=NCc1cccc(-n2cccn2)c1)NCCc1ccc(OC)c(OC)c1. The number of methoxy groups -OCH3 is 2. The average molecular weight is 408 g/mol. The summed E-state index contributed by atoms with van der Waals surface area (Å²) >= 11 is 0. The Morgan fingerprint density at radius 1 is 1.00 bits per heavy atom. The van der Waals surface area contributed by atoms with Gasteiger partial charge in [-0.05, 0) is 54.8 Å². The number of benzene rings is 2. The van der Waals surface area contributed by atoms with Gasteiger partial charge in [0.05, 0.1) is 26.5 Å². The van der Waals surface area contributed by atoms with E-state index in [1.54, 1.807) is 20.4 Å². The lowest BCUT2D eigenvalue weighted by molar-refractivity contribution is 0.354. The Morgan fingerprint density at radius 2 is 1.87 bits per heavy atom. The van der Waals surface area contributed by atoms with Crippen LogP contribution in [0.15, 0.2) is 65.9 Å². The molecular formula is C23H29N5O2. The molecule has 1 aromatic heterocycles. The normalized spacial score (nSPS) is 11.2. The Labute approximate surface area is 177 Å². The van der Waals surface area contributed by atoms with E-state index in [0.717, 1.165) is 48.2 Å². The van der Waals surface area contributed by atoms with Crippen molar-refractivity contribution in [3.63, 3.8) is 0 Å². The van der Waals surface area contributed by atoms with Crippen LogP contribution < -0.4 is 20.1 Å². The molecule has 0 bridgehead atoms. The first kappa shape index (κ1) is 21.2. The lowest BCUT2D eigenvalue weighted by atomic mass is 10.1. The molecule has 0 fully saturated rings. The molecule has 0 aliphatic rings. The Morgan fingerprint density at radius 3 is 2.60 bits per heavy atom. The molecule has 2 aromatic carbocycles. The Balaban J connectivity index is 1.59. The molecule has 7 nitrogen and oxygen atoms in total. The van der Waals surface area contributed by atoms with Crippen LogP contribution in [0.5, 0.6) is 11.5 Å². The molecule has 3 aromatic rings. The van der Waals surface area contributed by atoms with E-state index in [9.17, 15) is 0 Å². The van der Waals surface area contributed by atoms with Crippen LogP contribution in [-0.4, -0.2) is 43.0 Å². The number of nitrogens with one attached hydrogen (secondary N) is 2. The fourth-order valence-electron chi connectivity index (χ4n) is 3.09. The van der Waals surface area contributed by atoms with Crippen molar-refractivity contribution in [3.8, 4) is 17.2 Å². The van der Waals surface area contributed by atoms with Gasteiger partial charge in [-0.3, -0.25) is 0 Å². The van der Waals surface area contributed by atoms with Crippen molar-refractivity contribution in [2.75, 3.05) is 27.3 Å². The van der Waals surface area contributed by atoms with Crippen molar-refractivity contribution in [1.82, 2.24) is 20.4 Å². The second-order valence-electron chi connectivity index (χ2n) is 6.68. The summed E-state index contributed by atoms with van der Waals surface area (Å²) in [6.07, 6.45) is 4.55. The van der Waals surface area contributed by atoms with Crippen LogP contribution in [-0.2, 0) is 13.0 Å². The van der Waals surface area contributed by atoms with E-state index < -0.39 is 0 Å². The van der Waals surface area contributed by atoms with E-state index in [2.05, 4.69) is 34.8 Å². The van der Waals surface area contributed by atoms with Crippen LogP contribution in [0.2, 0.25) is 0 Å². The molecule has 1 heterocycles. The highest BCUT2D eigenvalue weighted by Crippen LogP contribution is 2.27. The summed E-state index contributed by atoms with van der Waals surface area (Å²) in [6.45, 7) is 4.20. The molecule has 0 radical (unpaired) electrons. The van der Waals surface area contributed by atoms with Gasteiger partial charge in [0.2, 0.25) is 0 Å². The van der Waals surface area contributed by atoms with Gasteiger partial charge < -0.3 is 20.1 Å². The topological polar surface area (TPSA) is 72.7 Å². The maximum absolute atomic E-state index is 5.38. The molecule has 0 atom stereocenters. The molecule has 0 spiro atoms. The number of rotatable bonds is 9. The molecular weight excluding hydrogens is 378 g/mol. The molecule has 3 rings (SSSR count). The van der Waals surface area contributed by atoms with E-state index in [4.69, 9.17) is 14.5 Å². The largest absolute Gasteiger partial charge is 0.493 e. The molecule has 7 heteroatoms. The van der Waals surface area contributed by atoms with Crippen molar-refractivity contribution < 1.29 is 9.47 Å². The van der Waals surface area contributed by atoms with E-state index in [1.807, 2.05) is 47.3 Å². The van der Waals surface area contributed by atoms with Gasteiger partial charge in [0.25, 0.3) is 0 Å². The zero-order valence-corrected chi connectivity index (χ0v) is 17.8. The van der Waals surface area contributed by atoms with E-state index in [0.29, 0.717) is 6.54 Å². The summed E-state index contributed by atoms with van der Waals surface area (Å²) in [5.74, 6) is 2.27. The van der Waals surface area contributed by atoms with Crippen LogP contribution >= 0.6 is 0 Å². The van der Waals surface area contributed by atoms with Gasteiger partial charge in [-0.15, -0.1) is 0 Å². The minimum absolute atomic E-state index is 0.584. The van der Waals surface area contributed by atoms with E-state index in [-0.39, 0.29) is 0 Å². The summed E-state index contributed by atoms with van der Waals surface area (Å²) in [6, 6.07) is 16.1. The fraction of sp³-hybridized carbons (Fsp3) is 0.304. The van der Waals surface area contributed by atoms with Gasteiger partial charge in [-0.2, -0.15) is 5.10 Å². The predicted molar refractivity (Wildman–Crippen MR) is 120 cm³/mol. The lowest BCUT2D eigenvalue weighted by Gasteiger charge is -2.13. The minimum atomic E-state index is 0.584. The summed E-state index contributed by atoms with van der Waals surface area (Å²) < 4.78 is 12.5. The van der Waals surface area contributed by atoms with Gasteiger partial charge in [0, 0.05) is 25.5 Å². The number of guanidine groups is 1. The molecule has 158 valence electrons. The maximum Gasteiger partial charge on any atom is 0.191 e. The Hall–Kier alpha value is -3.48. The zero-order chi connectivity index (χ0) is 21.2. The quantitative estimate of drug-likeness (QED) is 0.421. The standard InChI is InChI=1S/C23H29N5O2/c1-4-24-23(25-13-11-18-9-10-21(29-2)22(16-18)30-3)26-17-19-7-5-8-20(15-19)28-14-6-12-27-28/h5-10,12,14-16H,4,11,13,17H2,1-3H3,(H2,24,25,26). The third-order valence-corrected chi connectivity index (χ3v) is 4.60. The summed E-state index contributed by atoms with van der Waals surface area (Å²) in [5.41, 5.74) is 3.32. The van der Waals surface area contributed by atoms with E-state index >= 15 is 0 Å². The van der Waals surface area contributed by atoms with Gasteiger partial charge in [0.15, 0.2) is 17.5 Å². The second kappa shape index (κ2) is 10.9. The average Bonchev–Trinajstić information content (AvgIpc) is 3.32. The highest BCUT2D eigenvalue weighted by atomic mass is 16.5. The van der Waals surface area contributed by atoms with Crippen LogP contribution in [0.4, 0.5) is 0 Å².